The van der Waals surface area contributed by atoms with Gasteiger partial charge in [0.2, 0.25) is 5.91 Å². The number of amides is 1. The number of hydrogen-bond donors (Lipinski definition) is 6. The molecule has 6 rings (SSSR count). The van der Waals surface area contributed by atoms with E-state index in [1.165, 1.54) is 5.56 Å². The van der Waals surface area contributed by atoms with Crippen molar-refractivity contribution in [3.63, 3.8) is 0 Å². The van der Waals surface area contributed by atoms with Gasteiger partial charge in [0.25, 0.3) is 0 Å². The van der Waals surface area contributed by atoms with Crippen molar-refractivity contribution in [2.24, 2.45) is 17.3 Å². The summed E-state index contributed by atoms with van der Waals surface area (Å²) in [6.45, 7) is 0.657. The number of hydrogen-bond acceptors (Lipinski definition) is 6. The van der Waals surface area contributed by atoms with Crippen LogP contribution in [-0.2, 0) is 9.59 Å². The quantitative estimate of drug-likeness (QED) is 0.394. The lowest BCUT2D eigenvalue weighted by atomic mass is 9.76. The fourth-order valence-electron chi connectivity index (χ4n) is 6.51. The molecule has 2 saturated heterocycles. The van der Waals surface area contributed by atoms with Crippen molar-refractivity contribution in [1.82, 2.24) is 21.5 Å². The summed E-state index contributed by atoms with van der Waals surface area (Å²) in [6.07, 6.45) is 4.72. The zero-order chi connectivity index (χ0) is 24.0. The van der Waals surface area contributed by atoms with E-state index >= 15 is 0 Å². The number of carbonyl (C=O) groups is 2. The van der Waals surface area contributed by atoms with Crippen molar-refractivity contribution in [2.75, 3.05) is 11.9 Å². The van der Waals surface area contributed by atoms with E-state index in [-0.39, 0.29) is 41.5 Å². The highest BCUT2D eigenvalue weighted by molar-refractivity contribution is 5.81. The van der Waals surface area contributed by atoms with Crippen molar-refractivity contribution in [3.05, 3.63) is 65.7 Å². The molecule has 4 aliphatic rings. The Kier molecular flexibility index (Phi) is 5.75. The zero-order valence-corrected chi connectivity index (χ0v) is 19.7. The molecule has 8 heteroatoms. The Morgan fingerprint density at radius 1 is 0.971 bits per heavy atom. The van der Waals surface area contributed by atoms with Gasteiger partial charge in [-0.15, -0.1) is 0 Å². The van der Waals surface area contributed by atoms with Gasteiger partial charge in [-0.05, 0) is 66.7 Å². The van der Waals surface area contributed by atoms with Crippen molar-refractivity contribution in [2.45, 2.75) is 56.4 Å². The standard InChI is InChI=1S/C27H33N5O3/c33-25-22-21(15-28-32-25)30-23(18-4-2-1-3-5-18)31-24(22)29-19-8-6-16(7-9-19)17-10-12-27(13-11-17)14-20(27)26(34)35/h1-9,17,20-24,28-31H,10-15H2,(H,32,33)(H,34,35). The smallest absolute Gasteiger partial charge is 0.307 e. The third-order valence-electron chi connectivity index (χ3n) is 8.66. The van der Waals surface area contributed by atoms with Gasteiger partial charge in [-0.2, -0.15) is 0 Å². The van der Waals surface area contributed by atoms with Crippen molar-refractivity contribution >= 4 is 17.6 Å². The van der Waals surface area contributed by atoms with E-state index in [1.54, 1.807) is 0 Å². The van der Waals surface area contributed by atoms with Gasteiger partial charge in [0.1, 0.15) is 0 Å². The lowest BCUT2D eigenvalue weighted by Crippen LogP contribution is -2.71. The fourth-order valence-corrected chi connectivity index (χ4v) is 6.51. The van der Waals surface area contributed by atoms with E-state index in [0.717, 1.165) is 43.4 Å². The Morgan fingerprint density at radius 2 is 1.71 bits per heavy atom. The van der Waals surface area contributed by atoms with Crippen LogP contribution in [0.25, 0.3) is 0 Å². The normalized spacial score (nSPS) is 36.2. The summed E-state index contributed by atoms with van der Waals surface area (Å²) >= 11 is 0. The summed E-state index contributed by atoms with van der Waals surface area (Å²) in [4.78, 5) is 24.1. The molecule has 5 atom stereocenters. The van der Waals surface area contributed by atoms with Gasteiger partial charge >= 0.3 is 5.97 Å². The molecule has 2 saturated carbocycles. The monoisotopic (exact) mass is 475 g/mol. The van der Waals surface area contributed by atoms with Gasteiger partial charge < -0.3 is 10.4 Å². The van der Waals surface area contributed by atoms with E-state index in [9.17, 15) is 14.7 Å². The van der Waals surface area contributed by atoms with Crippen molar-refractivity contribution in [3.8, 4) is 0 Å². The largest absolute Gasteiger partial charge is 0.481 e. The van der Waals surface area contributed by atoms with E-state index in [4.69, 9.17) is 0 Å². The number of anilines is 1. The summed E-state index contributed by atoms with van der Waals surface area (Å²) < 4.78 is 0. The molecular weight excluding hydrogens is 442 g/mol. The first-order valence-electron chi connectivity index (χ1n) is 12.7. The van der Waals surface area contributed by atoms with Crippen LogP contribution >= 0.6 is 0 Å². The molecule has 2 aromatic carbocycles. The summed E-state index contributed by atoms with van der Waals surface area (Å²) in [5, 5.41) is 20.1. The number of nitrogens with one attached hydrogen (secondary N) is 5. The topological polar surface area (TPSA) is 115 Å². The molecule has 2 aliphatic heterocycles. The van der Waals surface area contributed by atoms with Crippen LogP contribution in [0.5, 0.6) is 0 Å². The average molecular weight is 476 g/mol. The molecule has 2 aliphatic carbocycles. The molecule has 5 unspecified atom stereocenters. The third-order valence-corrected chi connectivity index (χ3v) is 8.66. The maximum Gasteiger partial charge on any atom is 0.307 e. The van der Waals surface area contributed by atoms with Gasteiger partial charge in [0.15, 0.2) is 0 Å². The molecule has 35 heavy (non-hydrogen) atoms. The Labute approximate surface area is 205 Å². The molecule has 0 radical (unpaired) electrons. The minimum Gasteiger partial charge on any atom is -0.481 e. The van der Waals surface area contributed by atoms with Crippen molar-refractivity contribution in [1.29, 1.82) is 0 Å². The van der Waals surface area contributed by atoms with Crippen LogP contribution in [0.2, 0.25) is 0 Å². The molecule has 6 N–H and O–H groups in total. The maximum absolute atomic E-state index is 12.7. The molecule has 2 aromatic rings. The first kappa shape index (κ1) is 22.5. The Hall–Kier alpha value is -2.94. The van der Waals surface area contributed by atoms with Crippen LogP contribution in [0.3, 0.4) is 0 Å². The first-order chi connectivity index (χ1) is 17.0. The molecule has 2 heterocycles. The third kappa shape index (κ3) is 4.30. The highest BCUT2D eigenvalue weighted by atomic mass is 16.4. The summed E-state index contributed by atoms with van der Waals surface area (Å²) in [7, 11) is 0. The lowest BCUT2D eigenvalue weighted by molar-refractivity contribution is -0.139. The number of carboxylic acid groups (broad SMARTS) is 1. The number of hydrazine groups is 1. The Balaban J connectivity index is 1.14. The number of fused-ring (bicyclic) bond motifs is 1. The van der Waals surface area contributed by atoms with E-state index in [0.29, 0.717) is 12.5 Å². The highest BCUT2D eigenvalue weighted by Crippen LogP contribution is 2.63. The average Bonchev–Trinajstić information content (AvgIpc) is 3.59. The van der Waals surface area contributed by atoms with Gasteiger partial charge in [0.05, 0.1) is 24.2 Å². The van der Waals surface area contributed by atoms with Gasteiger partial charge in [-0.3, -0.25) is 25.6 Å². The minimum atomic E-state index is -0.621. The predicted molar refractivity (Wildman–Crippen MR) is 132 cm³/mol. The zero-order valence-electron chi connectivity index (χ0n) is 19.7. The number of carboxylic acids is 1. The Bertz CT molecular complexity index is 1080. The SMILES string of the molecule is O=C1NNCC2NC(c3ccccc3)NC(Nc3ccc(C4CCC5(CC4)CC5C(=O)O)cc3)C12. The summed E-state index contributed by atoms with van der Waals surface area (Å²) in [5.74, 6) is -0.541. The number of benzene rings is 2. The summed E-state index contributed by atoms with van der Waals surface area (Å²) in [6, 6.07) is 18.8. The lowest BCUT2D eigenvalue weighted by Gasteiger charge is -2.46. The highest BCUT2D eigenvalue weighted by Gasteiger charge is 2.58. The fraction of sp³-hybridized carbons (Fsp3) is 0.481. The van der Waals surface area contributed by atoms with Crippen molar-refractivity contribution < 1.29 is 14.7 Å². The van der Waals surface area contributed by atoms with Gasteiger partial charge in [-0.25, -0.2) is 5.43 Å². The molecule has 8 nitrogen and oxygen atoms in total. The minimum absolute atomic E-state index is 0.00130. The molecule has 0 aromatic heterocycles. The molecule has 184 valence electrons. The van der Waals surface area contributed by atoms with Crippen LogP contribution < -0.4 is 26.8 Å². The molecule has 4 fully saturated rings. The number of rotatable bonds is 5. The second kappa shape index (κ2) is 8.93. The number of carbonyl (C=O) groups excluding carboxylic acids is 1. The molecule has 0 bridgehead atoms. The van der Waals surface area contributed by atoms with Gasteiger partial charge in [-0.1, -0.05) is 42.5 Å². The number of aliphatic carboxylic acids is 1. The molecule has 1 amide bonds. The molecular formula is C27H33N5O3. The van der Waals surface area contributed by atoms with Crippen LogP contribution in [0, 0.1) is 17.3 Å². The van der Waals surface area contributed by atoms with Crippen LogP contribution in [0.4, 0.5) is 5.69 Å². The molecule has 1 spiro atoms. The van der Waals surface area contributed by atoms with Crippen LogP contribution in [0.15, 0.2) is 54.6 Å². The van der Waals surface area contributed by atoms with Gasteiger partial charge in [0, 0.05) is 18.3 Å². The van der Waals surface area contributed by atoms with E-state index in [1.807, 2.05) is 18.2 Å². The summed E-state index contributed by atoms with van der Waals surface area (Å²) in [5.41, 5.74) is 9.28. The first-order valence-corrected chi connectivity index (χ1v) is 12.7. The van der Waals surface area contributed by atoms with E-state index < -0.39 is 5.97 Å². The second-order valence-electron chi connectivity index (χ2n) is 10.7. The predicted octanol–water partition coefficient (Wildman–Crippen LogP) is 2.68. The Morgan fingerprint density at radius 3 is 2.40 bits per heavy atom. The second-order valence-corrected chi connectivity index (χ2v) is 10.7. The maximum atomic E-state index is 12.7. The van der Waals surface area contributed by atoms with E-state index in [2.05, 4.69) is 63.2 Å². The van der Waals surface area contributed by atoms with Crippen LogP contribution in [0.1, 0.15) is 55.3 Å². The van der Waals surface area contributed by atoms with Crippen LogP contribution in [-0.4, -0.2) is 35.7 Å².